The lowest BCUT2D eigenvalue weighted by Gasteiger charge is -2.13. The Hall–Kier alpha value is -1.08. The molecule has 0 bridgehead atoms. The van der Waals surface area contributed by atoms with E-state index in [1.165, 1.54) is 0 Å². The van der Waals surface area contributed by atoms with Gasteiger partial charge < -0.3 is 10.0 Å². The molecule has 0 aromatic rings. The topological polar surface area (TPSA) is 64.3 Å². The van der Waals surface area contributed by atoms with E-state index in [1.54, 1.807) is 0 Å². The summed E-state index contributed by atoms with van der Waals surface area (Å²) < 4.78 is 0. The first-order valence-electron chi connectivity index (χ1n) is 4.56. The van der Waals surface area contributed by atoms with Gasteiger partial charge in [0.15, 0.2) is 0 Å². The van der Waals surface area contributed by atoms with Crippen molar-refractivity contribution in [2.24, 2.45) is 5.92 Å². The molecule has 0 radical (unpaired) electrons. The first-order valence-corrected chi connectivity index (χ1v) is 4.56. The van der Waals surface area contributed by atoms with Gasteiger partial charge in [0.25, 0.3) is 0 Å². The Labute approximate surface area is 77.8 Å². The molecule has 4 nitrogen and oxygen atoms in total. The highest BCUT2D eigenvalue weighted by molar-refractivity contribution is 5.70. The third-order valence-corrected chi connectivity index (χ3v) is 2.38. The number of hydrogen-bond acceptors (Lipinski definition) is 3. The van der Waals surface area contributed by atoms with E-state index < -0.39 is 5.97 Å². The average molecular weight is 182 g/mol. The monoisotopic (exact) mass is 182 g/mol. The molecule has 1 rings (SSSR count). The van der Waals surface area contributed by atoms with Crippen molar-refractivity contribution in [2.75, 3.05) is 19.6 Å². The maximum Gasteiger partial charge on any atom is 0.307 e. The maximum atomic E-state index is 10.6. The summed E-state index contributed by atoms with van der Waals surface area (Å²) >= 11 is 0. The molecule has 0 amide bonds. The predicted octanol–water partition coefficient (Wildman–Crippen LogP) is 0.697. The lowest BCUT2D eigenvalue weighted by atomic mass is 10.1. The summed E-state index contributed by atoms with van der Waals surface area (Å²) in [7, 11) is 0. The zero-order valence-electron chi connectivity index (χ0n) is 7.57. The van der Waals surface area contributed by atoms with E-state index in [2.05, 4.69) is 11.0 Å². The van der Waals surface area contributed by atoms with Crippen LogP contribution in [0.2, 0.25) is 0 Å². The Bertz CT molecular complexity index is 222. The summed E-state index contributed by atoms with van der Waals surface area (Å²) in [5.74, 6) is -0.884. The first kappa shape index (κ1) is 10.0. The highest BCUT2D eigenvalue weighted by Gasteiger charge is 2.27. The lowest BCUT2D eigenvalue weighted by molar-refractivity contribution is -0.141. The van der Waals surface area contributed by atoms with Gasteiger partial charge in [-0.15, -0.1) is 0 Å². The van der Waals surface area contributed by atoms with E-state index >= 15 is 0 Å². The van der Waals surface area contributed by atoms with Gasteiger partial charge in [-0.1, -0.05) is 0 Å². The van der Waals surface area contributed by atoms with Gasteiger partial charge in [0.1, 0.15) is 0 Å². The van der Waals surface area contributed by atoms with Crippen LogP contribution in [-0.4, -0.2) is 35.6 Å². The van der Waals surface area contributed by atoms with Crippen LogP contribution in [0.5, 0.6) is 0 Å². The summed E-state index contributed by atoms with van der Waals surface area (Å²) in [6.45, 7) is 2.38. The van der Waals surface area contributed by atoms with Crippen molar-refractivity contribution in [3.05, 3.63) is 0 Å². The molecule has 1 atom stereocenters. The second kappa shape index (κ2) is 4.83. The molecular formula is C9H14N2O2. The number of unbranched alkanes of at least 4 members (excludes halogenated alkanes) is 1. The number of aliphatic carboxylic acids is 1. The molecule has 4 heteroatoms. The van der Waals surface area contributed by atoms with Gasteiger partial charge in [0, 0.05) is 13.0 Å². The van der Waals surface area contributed by atoms with E-state index in [-0.39, 0.29) is 5.92 Å². The summed E-state index contributed by atoms with van der Waals surface area (Å²) in [6.07, 6.45) is 2.17. The number of likely N-dealkylation sites (tertiary alicyclic amines) is 1. The van der Waals surface area contributed by atoms with Crippen molar-refractivity contribution in [2.45, 2.75) is 19.3 Å². The van der Waals surface area contributed by atoms with Gasteiger partial charge in [-0.25, -0.2) is 0 Å². The number of carbonyl (C=O) groups is 1. The minimum Gasteiger partial charge on any atom is -0.481 e. The van der Waals surface area contributed by atoms with Gasteiger partial charge in [-0.2, -0.15) is 5.26 Å². The molecule has 1 N–H and O–H groups in total. The van der Waals surface area contributed by atoms with Crippen LogP contribution in [0.15, 0.2) is 0 Å². The molecule has 1 aliphatic rings. The van der Waals surface area contributed by atoms with Crippen molar-refractivity contribution in [3.8, 4) is 6.07 Å². The number of carboxylic acids is 1. The molecule has 1 aliphatic heterocycles. The molecule has 0 saturated carbocycles. The maximum absolute atomic E-state index is 10.6. The quantitative estimate of drug-likeness (QED) is 0.650. The van der Waals surface area contributed by atoms with Crippen molar-refractivity contribution in [1.82, 2.24) is 4.90 Å². The molecule has 0 aliphatic carbocycles. The highest BCUT2D eigenvalue weighted by Crippen LogP contribution is 2.16. The van der Waals surface area contributed by atoms with Gasteiger partial charge in [0.2, 0.25) is 0 Å². The number of nitriles is 1. The standard InChI is InChI=1S/C9H14N2O2/c10-4-1-2-5-11-6-3-8(7-11)9(12)13/h8H,1-3,5-7H2,(H,12,13). The van der Waals surface area contributed by atoms with Crippen LogP contribution in [0.25, 0.3) is 0 Å². The van der Waals surface area contributed by atoms with Crippen molar-refractivity contribution in [1.29, 1.82) is 5.26 Å². The number of hydrogen-bond donors (Lipinski definition) is 1. The van der Waals surface area contributed by atoms with E-state index in [0.717, 1.165) is 25.9 Å². The Morgan fingerprint density at radius 1 is 1.69 bits per heavy atom. The highest BCUT2D eigenvalue weighted by atomic mass is 16.4. The lowest BCUT2D eigenvalue weighted by Crippen LogP contribution is -2.24. The minimum atomic E-state index is -0.692. The normalized spacial score (nSPS) is 22.8. The van der Waals surface area contributed by atoms with E-state index in [1.807, 2.05) is 0 Å². The fraction of sp³-hybridized carbons (Fsp3) is 0.778. The Morgan fingerprint density at radius 3 is 3.00 bits per heavy atom. The molecular weight excluding hydrogens is 168 g/mol. The van der Waals surface area contributed by atoms with Crippen LogP contribution in [-0.2, 0) is 4.79 Å². The molecule has 0 aromatic heterocycles. The second-order valence-corrected chi connectivity index (χ2v) is 3.39. The fourth-order valence-electron chi connectivity index (χ4n) is 1.62. The van der Waals surface area contributed by atoms with Crippen LogP contribution in [0.4, 0.5) is 0 Å². The predicted molar refractivity (Wildman–Crippen MR) is 47.0 cm³/mol. The average Bonchev–Trinajstić information content (AvgIpc) is 2.53. The molecule has 13 heavy (non-hydrogen) atoms. The largest absolute Gasteiger partial charge is 0.481 e. The van der Waals surface area contributed by atoms with Gasteiger partial charge in [-0.05, 0) is 25.9 Å². The smallest absolute Gasteiger partial charge is 0.307 e. The number of carboxylic acid groups (broad SMARTS) is 1. The van der Waals surface area contributed by atoms with Crippen LogP contribution in [0, 0.1) is 17.2 Å². The summed E-state index contributed by atoms with van der Waals surface area (Å²) in [6, 6.07) is 2.08. The van der Waals surface area contributed by atoms with E-state index in [0.29, 0.717) is 13.0 Å². The third-order valence-electron chi connectivity index (χ3n) is 2.38. The van der Waals surface area contributed by atoms with Crippen LogP contribution in [0.1, 0.15) is 19.3 Å². The Balaban J connectivity index is 2.18. The molecule has 1 fully saturated rings. The van der Waals surface area contributed by atoms with Crippen LogP contribution in [0.3, 0.4) is 0 Å². The van der Waals surface area contributed by atoms with E-state index in [4.69, 9.17) is 10.4 Å². The van der Waals surface area contributed by atoms with Gasteiger partial charge in [-0.3, -0.25) is 4.79 Å². The summed E-state index contributed by atoms with van der Waals surface area (Å²) in [4.78, 5) is 12.7. The molecule has 1 heterocycles. The minimum absolute atomic E-state index is 0.193. The summed E-state index contributed by atoms with van der Waals surface area (Å²) in [5.41, 5.74) is 0. The number of nitrogens with zero attached hydrogens (tertiary/aromatic N) is 2. The van der Waals surface area contributed by atoms with Gasteiger partial charge >= 0.3 is 5.97 Å². The summed E-state index contributed by atoms with van der Waals surface area (Å²) in [5, 5.41) is 17.0. The molecule has 0 aromatic carbocycles. The van der Waals surface area contributed by atoms with Crippen molar-refractivity contribution < 1.29 is 9.90 Å². The first-order chi connectivity index (χ1) is 6.24. The number of rotatable bonds is 4. The van der Waals surface area contributed by atoms with Crippen molar-refractivity contribution >= 4 is 5.97 Å². The van der Waals surface area contributed by atoms with E-state index in [9.17, 15) is 4.79 Å². The van der Waals surface area contributed by atoms with Crippen LogP contribution >= 0.6 is 0 Å². The van der Waals surface area contributed by atoms with Crippen LogP contribution < -0.4 is 0 Å². The molecule has 1 unspecified atom stereocenters. The van der Waals surface area contributed by atoms with Gasteiger partial charge in [0.05, 0.1) is 12.0 Å². The fourth-order valence-corrected chi connectivity index (χ4v) is 1.62. The Kier molecular flexibility index (Phi) is 3.71. The molecule has 1 saturated heterocycles. The zero-order chi connectivity index (χ0) is 9.68. The molecule has 72 valence electrons. The third kappa shape index (κ3) is 3.03. The SMILES string of the molecule is N#CCCCN1CCC(C(=O)O)C1. The zero-order valence-corrected chi connectivity index (χ0v) is 7.57. The Morgan fingerprint density at radius 2 is 2.46 bits per heavy atom. The molecule has 0 spiro atoms. The second-order valence-electron chi connectivity index (χ2n) is 3.39. The van der Waals surface area contributed by atoms with Crippen molar-refractivity contribution in [3.63, 3.8) is 0 Å².